The van der Waals surface area contributed by atoms with Crippen LogP contribution in [0.25, 0.3) is 0 Å². The Balaban J connectivity index is 2.20. The first kappa shape index (κ1) is 14.6. The molecule has 0 amide bonds. The van der Waals surface area contributed by atoms with Gasteiger partial charge in [0.15, 0.2) is 0 Å². The van der Waals surface area contributed by atoms with Gasteiger partial charge in [-0.05, 0) is 44.6 Å². The van der Waals surface area contributed by atoms with Crippen LogP contribution in [-0.2, 0) is 0 Å². The molecule has 3 nitrogen and oxygen atoms in total. The van der Waals surface area contributed by atoms with Gasteiger partial charge in [-0.25, -0.2) is 0 Å². The van der Waals surface area contributed by atoms with E-state index in [1.165, 1.54) is 0 Å². The van der Waals surface area contributed by atoms with E-state index >= 15 is 0 Å². The summed E-state index contributed by atoms with van der Waals surface area (Å²) in [6, 6.07) is 6.41. The number of aliphatic hydroxyl groups excluding tert-OH is 1. The van der Waals surface area contributed by atoms with Gasteiger partial charge in [0.25, 0.3) is 0 Å². The molecule has 2 rings (SSSR count). The summed E-state index contributed by atoms with van der Waals surface area (Å²) in [6.45, 7) is 6.06. The average molecular weight is 283 g/mol. The zero-order chi connectivity index (χ0) is 14.2. The molecular weight excluding hydrogens is 260 g/mol. The third-order valence-corrected chi connectivity index (χ3v) is 4.33. The van der Waals surface area contributed by atoms with Crippen molar-refractivity contribution in [3.63, 3.8) is 0 Å². The number of likely N-dealkylation sites (N-methyl/N-ethyl adjacent to an activating group) is 1. The molecule has 0 aliphatic carbocycles. The molecule has 1 aliphatic heterocycles. The average Bonchev–Trinajstić information content (AvgIpc) is 2.71. The van der Waals surface area contributed by atoms with E-state index in [2.05, 4.69) is 30.8 Å². The summed E-state index contributed by atoms with van der Waals surface area (Å²) in [5.41, 5.74) is 1.94. The minimum absolute atomic E-state index is 0.474. The fourth-order valence-electron chi connectivity index (χ4n) is 2.86. The Hall–Kier alpha value is -0.770. The lowest BCUT2D eigenvalue weighted by molar-refractivity contribution is 0.199. The van der Waals surface area contributed by atoms with Crippen LogP contribution in [0.1, 0.15) is 25.5 Å². The van der Waals surface area contributed by atoms with Crippen LogP contribution in [0.4, 0.5) is 5.69 Å². The topological polar surface area (TPSA) is 26.7 Å². The Morgan fingerprint density at radius 2 is 2.05 bits per heavy atom. The van der Waals surface area contributed by atoms with Gasteiger partial charge in [0.1, 0.15) is 0 Å². The van der Waals surface area contributed by atoms with Crippen molar-refractivity contribution in [3.05, 3.63) is 28.8 Å². The van der Waals surface area contributed by atoms with Crippen molar-refractivity contribution >= 4 is 17.3 Å². The van der Waals surface area contributed by atoms with Gasteiger partial charge in [-0.1, -0.05) is 24.6 Å². The lowest BCUT2D eigenvalue weighted by Gasteiger charge is -2.23. The molecule has 1 aliphatic rings. The van der Waals surface area contributed by atoms with Crippen LogP contribution < -0.4 is 4.90 Å². The second-order valence-corrected chi connectivity index (χ2v) is 6.21. The lowest BCUT2D eigenvalue weighted by atomic mass is 10.1. The molecule has 0 bridgehead atoms. The van der Waals surface area contributed by atoms with E-state index in [0.29, 0.717) is 12.0 Å². The second kappa shape index (κ2) is 5.70. The first-order valence-corrected chi connectivity index (χ1v) is 7.17. The molecule has 3 unspecified atom stereocenters. The summed E-state index contributed by atoms with van der Waals surface area (Å²) in [5, 5.41) is 10.3. The fourth-order valence-corrected chi connectivity index (χ4v) is 3.17. The summed E-state index contributed by atoms with van der Waals surface area (Å²) in [6.07, 6.45) is -0.474. The predicted octanol–water partition coefficient (Wildman–Crippen LogP) is 2.78. The molecular formula is C15H23ClN2O. The molecule has 0 saturated carbocycles. The van der Waals surface area contributed by atoms with Crippen LogP contribution in [0.5, 0.6) is 0 Å². The Morgan fingerprint density at radius 1 is 1.37 bits per heavy atom. The smallest absolute Gasteiger partial charge is 0.0762 e. The molecule has 1 N–H and O–H groups in total. The fraction of sp³-hybridized carbons (Fsp3) is 0.600. The zero-order valence-electron chi connectivity index (χ0n) is 12.1. The molecule has 0 aromatic heterocycles. The Morgan fingerprint density at radius 3 is 2.53 bits per heavy atom. The van der Waals surface area contributed by atoms with E-state index < -0.39 is 6.10 Å². The van der Waals surface area contributed by atoms with Crippen LogP contribution in [0.2, 0.25) is 5.02 Å². The van der Waals surface area contributed by atoms with Crippen LogP contribution in [-0.4, -0.2) is 43.2 Å². The highest BCUT2D eigenvalue weighted by Crippen LogP contribution is 2.33. The van der Waals surface area contributed by atoms with Gasteiger partial charge in [0, 0.05) is 19.1 Å². The molecule has 0 radical (unpaired) electrons. The summed E-state index contributed by atoms with van der Waals surface area (Å²) in [7, 11) is 4.26. The summed E-state index contributed by atoms with van der Waals surface area (Å²) >= 11 is 6.36. The maximum absolute atomic E-state index is 9.58. The Kier molecular flexibility index (Phi) is 4.39. The van der Waals surface area contributed by atoms with Crippen LogP contribution >= 0.6 is 11.6 Å². The largest absolute Gasteiger partial charge is 0.389 e. The lowest BCUT2D eigenvalue weighted by Crippen LogP contribution is -2.34. The van der Waals surface area contributed by atoms with E-state index in [1.54, 1.807) is 6.92 Å². The molecule has 1 saturated heterocycles. The number of benzene rings is 1. The van der Waals surface area contributed by atoms with Gasteiger partial charge < -0.3 is 14.9 Å². The summed E-state index contributed by atoms with van der Waals surface area (Å²) in [4.78, 5) is 4.62. The third kappa shape index (κ3) is 3.04. The van der Waals surface area contributed by atoms with Crippen molar-refractivity contribution in [2.75, 3.05) is 32.1 Å². The van der Waals surface area contributed by atoms with E-state index in [-0.39, 0.29) is 0 Å². The molecule has 106 valence electrons. The maximum Gasteiger partial charge on any atom is 0.0762 e. The van der Waals surface area contributed by atoms with Crippen molar-refractivity contribution in [1.29, 1.82) is 0 Å². The van der Waals surface area contributed by atoms with Crippen molar-refractivity contribution in [2.24, 2.45) is 5.92 Å². The Labute approximate surface area is 120 Å². The molecule has 1 aromatic rings. The van der Waals surface area contributed by atoms with E-state index in [4.69, 9.17) is 11.6 Å². The highest BCUT2D eigenvalue weighted by molar-refractivity contribution is 6.33. The number of nitrogens with zero attached hydrogens (tertiary/aromatic N) is 2. The monoisotopic (exact) mass is 282 g/mol. The molecule has 19 heavy (non-hydrogen) atoms. The number of aliphatic hydroxyl groups is 1. The number of hydrogen-bond donors (Lipinski definition) is 1. The highest BCUT2D eigenvalue weighted by atomic mass is 35.5. The van der Waals surface area contributed by atoms with Crippen molar-refractivity contribution in [3.8, 4) is 0 Å². The molecule has 4 heteroatoms. The minimum Gasteiger partial charge on any atom is -0.389 e. The second-order valence-electron chi connectivity index (χ2n) is 5.80. The van der Waals surface area contributed by atoms with Gasteiger partial charge in [-0.15, -0.1) is 0 Å². The molecule has 1 aromatic carbocycles. The van der Waals surface area contributed by atoms with Crippen molar-refractivity contribution in [2.45, 2.75) is 26.0 Å². The van der Waals surface area contributed by atoms with Crippen molar-refractivity contribution < 1.29 is 5.11 Å². The van der Waals surface area contributed by atoms with Crippen LogP contribution in [0.3, 0.4) is 0 Å². The minimum atomic E-state index is -0.474. The first-order chi connectivity index (χ1) is 8.90. The SMILES string of the molecule is CC(O)c1ccc(N2CC(C)C(N(C)C)C2)c(Cl)c1. The molecule has 3 atom stereocenters. The zero-order valence-corrected chi connectivity index (χ0v) is 12.9. The van der Waals surface area contributed by atoms with E-state index in [1.807, 2.05) is 18.2 Å². The normalized spacial score (nSPS) is 25.1. The molecule has 1 heterocycles. The van der Waals surface area contributed by atoms with Gasteiger partial charge in [-0.3, -0.25) is 0 Å². The number of rotatable bonds is 3. The number of halogens is 1. The van der Waals surface area contributed by atoms with Gasteiger partial charge in [0.05, 0.1) is 16.8 Å². The van der Waals surface area contributed by atoms with E-state index in [0.717, 1.165) is 29.4 Å². The predicted molar refractivity (Wildman–Crippen MR) is 80.9 cm³/mol. The quantitative estimate of drug-likeness (QED) is 0.923. The molecule has 0 spiro atoms. The van der Waals surface area contributed by atoms with Crippen LogP contribution in [0.15, 0.2) is 18.2 Å². The van der Waals surface area contributed by atoms with Crippen molar-refractivity contribution in [1.82, 2.24) is 4.90 Å². The highest BCUT2D eigenvalue weighted by Gasteiger charge is 2.31. The Bertz CT molecular complexity index is 448. The molecule has 1 fully saturated rings. The van der Waals surface area contributed by atoms with Gasteiger partial charge in [0.2, 0.25) is 0 Å². The third-order valence-electron chi connectivity index (χ3n) is 4.03. The number of hydrogen-bond acceptors (Lipinski definition) is 3. The van der Waals surface area contributed by atoms with Gasteiger partial charge >= 0.3 is 0 Å². The van der Waals surface area contributed by atoms with Crippen LogP contribution in [0, 0.1) is 5.92 Å². The standard InChI is InChI=1S/C15H23ClN2O/c1-10-8-18(9-15(10)17(3)4)14-6-5-12(11(2)19)7-13(14)16/h5-7,10-11,15,19H,8-9H2,1-4H3. The summed E-state index contributed by atoms with van der Waals surface area (Å²) in [5.74, 6) is 0.627. The summed E-state index contributed by atoms with van der Waals surface area (Å²) < 4.78 is 0. The van der Waals surface area contributed by atoms with E-state index in [9.17, 15) is 5.11 Å². The number of anilines is 1. The first-order valence-electron chi connectivity index (χ1n) is 6.79. The maximum atomic E-state index is 9.58. The van der Waals surface area contributed by atoms with Gasteiger partial charge in [-0.2, -0.15) is 0 Å².